The molecule has 0 aliphatic rings. The van der Waals surface area contributed by atoms with Crippen molar-refractivity contribution in [2.75, 3.05) is 11.9 Å². The van der Waals surface area contributed by atoms with Crippen LogP contribution >= 0.6 is 34.8 Å². The quantitative estimate of drug-likeness (QED) is 0.445. The zero-order chi connectivity index (χ0) is 14.8. The van der Waals surface area contributed by atoms with Crippen LogP contribution in [-0.2, 0) is 0 Å². The maximum absolute atomic E-state index is 6.11. The van der Waals surface area contributed by atoms with Crippen molar-refractivity contribution in [3.63, 3.8) is 0 Å². The predicted molar refractivity (Wildman–Crippen MR) is 92.6 cm³/mol. The Morgan fingerprint density at radius 1 is 0.800 bits per heavy atom. The second-order valence-electron chi connectivity index (χ2n) is 5.15. The Labute approximate surface area is 138 Å². The number of benzene rings is 1. The Hall–Kier alpha value is -0.110. The van der Waals surface area contributed by atoms with Gasteiger partial charge in [-0.3, -0.25) is 0 Å². The fourth-order valence-corrected chi connectivity index (χ4v) is 3.13. The molecule has 20 heavy (non-hydrogen) atoms. The summed E-state index contributed by atoms with van der Waals surface area (Å²) in [5.41, 5.74) is 0.792. The molecule has 0 amide bonds. The summed E-state index contributed by atoms with van der Waals surface area (Å²) in [6.07, 6.45) is 10.5. The van der Waals surface area contributed by atoms with E-state index in [1.54, 1.807) is 12.1 Å². The molecular formula is C16H24Cl3N. The number of unbranched alkanes of at least 4 members (excludes halogenated alkanes) is 7. The van der Waals surface area contributed by atoms with Gasteiger partial charge in [-0.05, 0) is 18.6 Å². The summed E-state index contributed by atoms with van der Waals surface area (Å²) in [4.78, 5) is 0. The van der Waals surface area contributed by atoms with E-state index >= 15 is 0 Å². The van der Waals surface area contributed by atoms with Crippen LogP contribution < -0.4 is 5.32 Å². The first-order valence-electron chi connectivity index (χ1n) is 7.53. The van der Waals surface area contributed by atoms with Crippen LogP contribution in [0.25, 0.3) is 0 Å². The van der Waals surface area contributed by atoms with Crippen molar-refractivity contribution in [2.45, 2.75) is 58.3 Å². The summed E-state index contributed by atoms with van der Waals surface area (Å²) in [6, 6.07) is 3.43. The number of halogens is 3. The maximum atomic E-state index is 6.11. The molecule has 1 N–H and O–H groups in total. The molecule has 0 saturated carbocycles. The first-order chi connectivity index (χ1) is 9.65. The highest BCUT2D eigenvalue weighted by molar-refractivity contribution is 6.41. The Morgan fingerprint density at radius 2 is 1.30 bits per heavy atom. The van der Waals surface area contributed by atoms with E-state index < -0.39 is 0 Å². The molecule has 0 aliphatic carbocycles. The third-order valence-corrected chi connectivity index (χ3v) is 4.15. The highest BCUT2D eigenvalue weighted by Crippen LogP contribution is 2.33. The van der Waals surface area contributed by atoms with Crippen LogP contribution in [0.5, 0.6) is 0 Å². The molecule has 0 fully saturated rings. The molecule has 1 aromatic rings. The van der Waals surface area contributed by atoms with E-state index in [-0.39, 0.29) is 0 Å². The summed E-state index contributed by atoms with van der Waals surface area (Å²) in [6.45, 7) is 3.15. The van der Waals surface area contributed by atoms with Gasteiger partial charge in [0.2, 0.25) is 0 Å². The van der Waals surface area contributed by atoms with Crippen molar-refractivity contribution in [1.82, 2.24) is 0 Å². The van der Waals surface area contributed by atoms with E-state index in [0.29, 0.717) is 15.1 Å². The number of hydrogen-bond acceptors (Lipinski definition) is 1. The summed E-state index contributed by atoms with van der Waals surface area (Å²) in [7, 11) is 0. The van der Waals surface area contributed by atoms with Gasteiger partial charge in [-0.15, -0.1) is 0 Å². The minimum absolute atomic E-state index is 0.567. The van der Waals surface area contributed by atoms with Gasteiger partial charge in [0.1, 0.15) is 0 Å². The zero-order valence-corrected chi connectivity index (χ0v) is 14.4. The third kappa shape index (κ3) is 7.06. The van der Waals surface area contributed by atoms with Crippen LogP contribution in [0.2, 0.25) is 15.1 Å². The summed E-state index contributed by atoms with van der Waals surface area (Å²) < 4.78 is 0. The smallest absolute Gasteiger partial charge is 0.0720 e. The number of hydrogen-bond donors (Lipinski definition) is 1. The van der Waals surface area contributed by atoms with Gasteiger partial charge < -0.3 is 5.32 Å². The zero-order valence-electron chi connectivity index (χ0n) is 12.2. The van der Waals surface area contributed by atoms with Crippen LogP contribution in [0.15, 0.2) is 12.1 Å². The lowest BCUT2D eigenvalue weighted by atomic mass is 10.1. The van der Waals surface area contributed by atoms with Crippen molar-refractivity contribution in [3.8, 4) is 0 Å². The Balaban J connectivity index is 2.13. The molecule has 0 unspecified atom stereocenters. The maximum Gasteiger partial charge on any atom is 0.0720 e. The number of anilines is 1. The van der Waals surface area contributed by atoms with Gasteiger partial charge in [0, 0.05) is 11.6 Å². The molecule has 1 nitrogen and oxygen atoms in total. The van der Waals surface area contributed by atoms with Crippen molar-refractivity contribution >= 4 is 40.5 Å². The van der Waals surface area contributed by atoms with Crippen LogP contribution in [0, 0.1) is 0 Å². The molecule has 0 aromatic heterocycles. The normalized spacial score (nSPS) is 10.8. The van der Waals surface area contributed by atoms with Crippen LogP contribution in [0.1, 0.15) is 58.3 Å². The van der Waals surface area contributed by atoms with Crippen molar-refractivity contribution in [3.05, 3.63) is 27.2 Å². The molecule has 0 heterocycles. The summed E-state index contributed by atoms with van der Waals surface area (Å²) in [5.74, 6) is 0. The fourth-order valence-electron chi connectivity index (χ4n) is 2.18. The standard InChI is InChI=1S/C16H24Cl3N/c1-2-3-4-5-6-7-8-9-10-20-16-14(18)11-13(17)12-15(16)19/h11-12,20H,2-10H2,1H3. The molecule has 0 spiro atoms. The molecule has 1 aromatic carbocycles. The van der Waals surface area contributed by atoms with Crippen LogP contribution in [0.4, 0.5) is 5.69 Å². The van der Waals surface area contributed by atoms with Crippen molar-refractivity contribution in [2.24, 2.45) is 0 Å². The second kappa shape index (κ2) is 10.6. The summed E-state index contributed by atoms with van der Waals surface area (Å²) in [5, 5.41) is 5.03. The van der Waals surface area contributed by atoms with Crippen molar-refractivity contribution < 1.29 is 0 Å². The average Bonchev–Trinajstić information content (AvgIpc) is 2.39. The lowest BCUT2D eigenvalue weighted by Crippen LogP contribution is -2.02. The molecule has 0 aliphatic heterocycles. The largest absolute Gasteiger partial charge is 0.383 e. The first-order valence-corrected chi connectivity index (χ1v) is 8.67. The second-order valence-corrected chi connectivity index (χ2v) is 6.40. The highest BCUT2D eigenvalue weighted by atomic mass is 35.5. The predicted octanol–water partition coefficient (Wildman–Crippen LogP) is 7.20. The molecule has 4 heteroatoms. The lowest BCUT2D eigenvalue weighted by Gasteiger charge is -2.10. The van der Waals surface area contributed by atoms with Crippen molar-refractivity contribution in [1.29, 1.82) is 0 Å². The minimum atomic E-state index is 0.567. The molecular weight excluding hydrogens is 313 g/mol. The molecule has 0 bridgehead atoms. The first kappa shape index (κ1) is 17.9. The van der Waals surface area contributed by atoms with Gasteiger partial charge in [0.25, 0.3) is 0 Å². The van der Waals surface area contributed by atoms with Gasteiger partial charge in [-0.25, -0.2) is 0 Å². The molecule has 0 radical (unpaired) electrons. The van der Waals surface area contributed by atoms with Gasteiger partial charge in [0.05, 0.1) is 15.7 Å². The lowest BCUT2D eigenvalue weighted by molar-refractivity contribution is 0.581. The number of rotatable bonds is 10. The Kier molecular flexibility index (Phi) is 9.50. The molecule has 0 atom stereocenters. The summed E-state index contributed by atoms with van der Waals surface area (Å²) >= 11 is 18.1. The van der Waals surface area contributed by atoms with E-state index in [4.69, 9.17) is 34.8 Å². The van der Waals surface area contributed by atoms with Gasteiger partial charge in [-0.1, -0.05) is 86.7 Å². The third-order valence-electron chi connectivity index (χ3n) is 3.34. The Bertz CT molecular complexity index is 370. The van der Waals surface area contributed by atoms with E-state index in [0.717, 1.165) is 18.7 Å². The van der Waals surface area contributed by atoms with Gasteiger partial charge in [-0.2, -0.15) is 0 Å². The monoisotopic (exact) mass is 335 g/mol. The Morgan fingerprint density at radius 3 is 1.85 bits per heavy atom. The van der Waals surface area contributed by atoms with E-state index in [2.05, 4.69) is 12.2 Å². The minimum Gasteiger partial charge on any atom is -0.383 e. The molecule has 0 saturated heterocycles. The van der Waals surface area contributed by atoms with E-state index in [9.17, 15) is 0 Å². The van der Waals surface area contributed by atoms with E-state index in [1.807, 2.05) is 0 Å². The average molecular weight is 337 g/mol. The van der Waals surface area contributed by atoms with Crippen LogP contribution in [-0.4, -0.2) is 6.54 Å². The van der Waals surface area contributed by atoms with E-state index in [1.165, 1.54) is 44.9 Å². The van der Waals surface area contributed by atoms with Gasteiger partial charge >= 0.3 is 0 Å². The van der Waals surface area contributed by atoms with Crippen LogP contribution in [0.3, 0.4) is 0 Å². The van der Waals surface area contributed by atoms with Gasteiger partial charge in [0.15, 0.2) is 0 Å². The number of nitrogens with one attached hydrogen (secondary N) is 1. The molecule has 114 valence electrons. The fraction of sp³-hybridized carbons (Fsp3) is 0.625. The molecule has 1 rings (SSSR count). The SMILES string of the molecule is CCCCCCCCCCNc1c(Cl)cc(Cl)cc1Cl. The topological polar surface area (TPSA) is 12.0 Å². The highest BCUT2D eigenvalue weighted by Gasteiger charge is 2.06.